The van der Waals surface area contributed by atoms with Crippen molar-refractivity contribution in [3.8, 4) is 22.8 Å². The number of aromatic nitrogens is 3. The number of aryl methyl sites for hydroxylation is 3. The van der Waals surface area contributed by atoms with E-state index in [1.807, 2.05) is 60.8 Å². The van der Waals surface area contributed by atoms with Crippen molar-refractivity contribution in [2.45, 2.75) is 39.5 Å². The summed E-state index contributed by atoms with van der Waals surface area (Å²) in [5.74, 6) is 1.46. The molecule has 0 fully saturated rings. The van der Waals surface area contributed by atoms with Gasteiger partial charge in [0.25, 0.3) is 0 Å². The van der Waals surface area contributed by atoms with Crippen molar-refractivity contribution in [3.05, 3.63) is 77.1 Å². The Labute approximate surface area is 206 Å². The molecule has 2 aromatic heterocycles. The summed E-state index contributed by atoms with van der Waals surface area (Å²) in [6, 6.07) is 18.0. The predicted octanol–water partition coefficient (Wildman–Crippen LogP) is 4.71. The summed E-state index contributed by atoms with van der Waals surface area (Å²) < 4.78 is 12.6. The molecule has 4 aromatic rings. The largest absolute Gasteiger partial charge is 0.497 e. The summed E-state index contributed by atoms with van der Waals surface area (Å²) in [5, 5.41) is 7.84. The number of carbonyl (C=O) groups is 1. The minimum Gasteiger partial charge on any atom is -0.497 e. The molecule has 1 N–H and O–H groups in total. The summed E-state index contributed by atoms with van der Waals surface area (Å²) in [5.41, 5.74) is 6.69. The van der Waals surface area contributed by atoms with Crippen molar-refractivity contribution < 1.29 is 14.3 Å². The highest BCUT2D eigenvalue weighted by atomic mass is 16.5. The quantitative estimate of drug-likeness (QED) is 0.338. The Morgan fingerprint density at radius 2 is 1.69 bits per heavy atom. The molecule has 0 aliphatic heterocycles. The number of ether oxygens (including phenoxy) is 2. The molecule has 0 unspecified atom stereocenters. The molecule has 182 valence electrons. The van der Waals surface area contributed by atoms with Crippen molar-refractivity contribution in [2.75, 3.05) is 20.8 Å². The van der Waals surface area contributed by atoms with Crippen LogP contribution in [0.1, 0.15) is 35.4 Å². The number of hydrogen-bond donors (Lipinski definition) is 1. The van der Waals surface area contributed by atoms with Crippen LogP contribution in [-0.4, -0.2) is 41.3 Å². The minimum atomic E-state index is 0.0570. The van der Waals surface area contributed by atoms with E-state index in [9.17, 15) is 4.79 Å². The van der Waals surface area contributed by atoms with Crippen LogP contribution in [0.15, 0.2) is 54.6 Å². The molecule has 7 heteroatoms. The Balaban J connectivity index is 1.43. The number of fused-ring (bicyclic) bond motifs is 1. The second-order valence-corrected chi connectivity index (χ2v) is 8.60. The SMILES string of the molecule is COc1cc(OC)cc(-c2cc3nc(C)c(CCC(=O)NCCCc4ccccc4)c(C)n3n2)c1. The molecule has 0 aliphatic rings. The molecule has 4 rings (SSSR count). The molecule has 7 nitrogen and oxygen atoms in total. The zero-order valence-electron chi connectivity index (χ0n) is 20.8. The fraction of sp³-hybridized carbons (Fsp3) is 0.321. The maximum Gasteiger partial charge on any atom is 0.220 e. The molecule has 0 spiro atoms. The Morgan fingerprint density at radius 3 is 2.37 bits per heavy atom. The van der Waals surface area contributed by atoms with Gasteiger partial charge >= 0.3 is 0 Å². The summed E-state index contributed by atoms with van der Waals surface area (Å²) in [6.45, 7) is 4.69. The first kappa shape index (κ1) is 24.3. The Hall–Kier alpha value is -3.87. The Bertz CT molecular complexity index is 1290. The smallest absolute Gasteiger partial charge is 0.220 e. The Morgan fingerprint density at radius 1 is 0.971 bits per heavy atom. The highest BCUT2D eigenvalue weighted by Gasteiger charge is 2.15. The van der Waals surface area contributed by atoms with Crippen LogP contribution in [0.4, 0.5) is 0 Å². The lowest BCUT2D eigenvalue weighted by Gasteiger charge is -2.11. The number of carbonyl (C=O) groups excluding carboxylic acids is 1. The van der Waals surface area contributed by atoms with Gasteiger partial charge in [-0.15, -0.1) is 0 Å². The van der Waals surface area contributed by atoms with Gasteiger partial charge < -0.3 is 14.8 Å². The molecule has 35 heavy (non-hydrogen) atoms. The molecule has 0 atom stereocenters. The first-order valence-corrected chi connectivity index (χ1v) is 11.9. The standard InChI is InChI=1S/C28H32N4O3/c1-19-25(12-13-28(33)29-14-8-11-21-9-6-5-7-10-21)20(2)32-27(30-19)18-26(31-32)22-15-23(34-3)17-24(16-22)35-4/h5-7,9-10,15-18H,8,11-14H2,1-4H3,(H,29,33). The van der Waals surface area contributed by atoms with Crippen molar-refractivity contribution in [1.82, 2.24) is 19.9 Å². The van der Waals surface area contributed by atoms with Crippen LogP contribution in [0.3, 0.4) is 0 Å². The lowest BCUT2D eigenvalue weighted by atomic mass is 10.1. The third-order valence-electron chi connectivity index (χ3n) is 6.22. The number of amides is 1. The van der Waals surface area contributed by atoms with Gasteiger partial charge in [0.15, 0.2) is 5.65 Å². The van der Waals surface area contributed by atoms with Gasteiger partial charge in [-0.05, 0) is 56.4 Å². The van der Waals surface area contributed by atoms with Crippen molar-refractivity contribution in [2.24, 2.45) is 0 Å². The van der Waals surface area contributed by atoms with E-state index < -0.39 is 0 Å². The third kappa shape index (κ3) is 5.80. The highest BCUT2D eigenvalue weighted by molar-refractivity contribution is 5.76. The van der Waals surface area contributed by atoms with Gasteiger partial charge in [0.2, 0.25) is 5.91 Å². The number of benzene rings is 2. The van der Waals surface area contributed by atoms with Crippen molar-refractivity contribution in [1.29, 1.82) is 0 Å². The maximum atomic E-state index is 12.4. The number of rotatable bonds is 10. The van der Waals surface area contributed by atoms with E-state index in [2.05, 4.69) is 17.4 Å². The van der Waals surface area contributed by atoms with Crippen molar-refractivity contribution in [3.63, 3.8) is 0 Å². The predicted molar refractivity (Wildman–Crippen MR) is 137 cm³/mol. The van der Waals surface area contributed by atoms with Gasteiger partial charge in [0.05, 0.1) is 19.9 Å². The topological polar surface area (TPSA) is 77.8 Å². The molecule has 1 amide bonds. The molecule has 2 aromatic carbocycles. The summed E-state index contributed by atoms with van der Waals surface area (Å²) in [7, 11) is 3.26. The fourth-order valence-corrected chi connectivity index (χ4v) is 4.28. The van der Waals surface area contributed by atoms with Crippen LogP contribution in [-0.2, 0) is 17.6 Å². The number of hydrogen-bond acceptors (Lipinski definition) is 5. The minimum absolute atomic E-state index is 0.0570. The summed E-state index contributed by atoms with van der Waals surface area (Å²) >= 11 is 0. The molecule has 0 bridgehead atoms. The third-order valence-corrected chi connectivity index (χ3v) is 6.22. The van der Waals surface area contributed by atoms with Crippen LogP contribution in [0.25, 0.3) is 16.9 Å². The van der Waals surface area contributed by atoms with Gasteiger partial charge in [-0.2, -0.15) is 5.10 Å². The summed E-state index contributed by atoms with van der Waals surface area (Å²) in [6.07, 6.45) is 2.92. The highest BCUT2D eigenvalue weighted by Crippen LogP contribution is 2.30. The maximum absolute atomic E-state index is 12.4. The van der Waals surface area contributed by atoms with Gasteiger partial charge in [-0.3, -0.25) is 4.79 Å². The lowest BCUT2D eigenvalue weighted by Crippen LogP contribution is -2.25. The number of methoxy groups -OCH3 is 2. The van der Waals surface area contributed by atoms with E-state index in [-0.39, 0.29) is 5.91 Å². The van der Waals surface area contributed by atoms with Crippen LogP contribution < -0.4 is 14.8 Å². The molecule has 0 radical (unpaired) electrons. The van der Waals surface area contributed by atoms with E-state index in [0.717, 1.165) is 46.7 Å². The van der Waals surface area contributed by atoms with E-state index in [1.54, 1.807) is 14.2 Å². The van der Waals surface area contributed by atoms with Gasteiger partial charge in [0, 0.05) is 42.0 Å². The zero-order chi connectivity index (χ0) is 24.8. The number of nitrogens with one attached hydrogen (secondary N) is 1. The van der Waals surface area contributed by atoms with Gasteiger partial charge in [0.1, 0.15) is 11.5 Å². The van der Waals surface area contributed by atoms with E-state index in [1.165, 1.54) is 5.56 Å². The lowest BCUT2D eigenvalue weighted by molar-refractivity contribution is -0.121. The van der Waals surface area contributed by atoms with Crippen LogP contribution in [0, 0.1) is 13.8 Å². The van der Waals surface area contributed by atoms with E-state index in [4.69, 9.17) is 19.6 Å². The van der Waals surface area contributed by atoms with E-state index in [0.29, 0.717) is 30.9 Å². The second kappa shape index (κ2) is 11.0. The Kier molecular flexibility index (Phi) is 7.65. The first-order valence-electron chi connectivity index (χ1n) is 11.9. The van der Waals surface area contributed by atoms with Gasteiger partial charge in [-0.1, -0.05) is 30.3 Å². The van der Waals surface area contributed by atoms with Crippen LogP contribution >= 0.6 is 0 Å². The molecular weight excluding hydrogens is 440 g/mol. The van der Waals surface area contributed by atoms with Crippen molar-refractivity contribution >= 4 is 11.6 Å². The molecule has 0 saturated heterocycles. The van der Waals surface area contributed by atoms with Crippen LogP contribution in [0.5, 0.6) is 11.5 Å². The average Bonchev–Trinajstić information content (AvgIpc) is 3.31. The molecule has 0 saturated carbocycles. The zero-order valence-corrected chi connectivity index (χ0v) is 20.8. The normalized spacial score (nSPS) is 11.0. The second-order valence-electron chi connectivity index (χ2n) is 8.60. The molecule has 2 heterocycles. The monoisotopic (exact) mass is 472 g/mol. The van der Waals surface area contributed by atoms with Gasteiger partial charge in [-0.25, -0.2) is 9.50 Å². The molecular formula is C28H32N4O3. The van der Waals surface area contributed by atoms with E-state index >= 15 is 0 Å². The number of nitrogens with zero attached hydrogens (tertiary/aromatic N) is 3. The average molecular weight is 473 g/mol. The first-order chi connectivity index (χ1) is 17.0. The molecule has 0 aliphatic carbocycles. The summed E-state index contributed by atoms with van der Waals surface area (Å²) in [4.78, 5) is 17.2. The fourth-order valence-electron chi connectivity index (χ4n) is 4.28. The van der Waals surface area contributed by atoms with Crippen LogP contribution in [0.2, 0.25) is 0 Å².